The van der Waals surface area contributed by atoms with Gasteiger partial charge in [-0.2, -0.15) is 0 Å². The third kappa shape index (κ3) is 3.70. The number of aromatic nitrogens is 1. The van der Waals surface area contributed by atoms with Gasteiger partial charge in [-0.05, 0) is 43.7 Å². The predicted molar refractivity (Wildman–Crippen MR) is 77.4 cm³/mol. The number of nitrogens with one attached hydrogen (secondary N) is 1. The summed E-state index contributed by atoms with van der Waals surface area (Å²) in [6.45, 7) is 4.22. The molecule has 0 unspecified atom stereocenters. The van der Waals surface area contributed by atoms with Gasteiger partial charge in [0, 0.05) is 25.5 Å². The molecule has 1 aliphatic rings. The fourth-order valence-electron chi connectivity index (χ4n) is 2.40. The molecule has 2 rings (SSSR count). The van der Waals surface area contributed by atoms with E-state index in [4.69, 9.17) is 4.74 Å². The maximum atomic E-state index is 11.3. The quantitative estimate of drug-likeness (QED) is 0.715. The molecule has 1 heterocycles. The lowest BCUT2D eigenvalue weighted by Crippen LogP contribution is -2.13. The minimum absolute atomic E-state index is 0.278. The van der Waals surface area contributed by atoms with Gasteiger partial charge >= 0.3 is 5.97 Å². The summed E-state index contributed by atoms with van der Waals surface area (Å²) < 4.78 is 5.40. The van der Waals surface area contributed by atoms with Gasteiger partial charge in [0.25, 0.3) is 0 Å². The fraction of sp³-hybridized carbons (Fsp3) is 0.600. The molecule has 20 heavy (non-hydrogen) atoms. The minimum atomic E-state index is -0.920. The highest BCUT2D eigenvalue weighted by Gasteiger charge is 2.19. The molecule has 1 aliphatic carbocycles. The summed E-state index contributed by atoms with van der Waals surface area (Å²) in [6.07, 6.45) is 4.81. The highest BCUT2D eigenvalue weighted by molar-refractivity contribution is 5.93. The van der Waals surface area contributed by atoms with Crippen LogP contribution < -0.4 is 5.32 Å². The van der Waals surface area contributed by atoms with Crippen molar-refractivity contribution in [2.24, 2.45) is 0 Å². The van der Waals surface area contributed by atoms with Gasteiger partial charge in [0.2, 0.25) is 0 Å². The van der Waals surface area contributed by atoms with Gasteiger partial charge in [-0.15, -0.1) is 0 Å². The summed E-state index contributed by atoms with van der Waals surface area (Å²) in [5.74, 6) is -0.425. The molecule has 2 N–H and O–H groups in total. The van der Waals surface area contributed by atoms with Crippen molar-refractivity contribution in [2.75, 3.05) is 25.1 Å². The molecule has 0 aliphatic heterocycles. The summed E-state index contributed by atoms with van der Waals surface area (Å²) in [6, 6.07) is 1.77. The molecule has 5 heteroatoms. The van der Waals surface area contributed by atoms with E-state index in [1.165, 1.54) is 0 Å². The molecule has 1 aromatic heterocycles. The number of pyridine rings is 1. The van der Waals surface area contributed by atoms with Gasteiger partial charge in [0.15, 0.2) is 0 Å². The Morgan fingerprint density at radius 1 is 1.45 bits per heavy atom. The van der Waals surface area contributed by atoms with Crippen LogP contribution in [0.2, 0.25) is 0 Å². The largest absolute Gasteiger partial charge is 0.478 e. The molecule has 0 saturated carbocycles. The van der Waals surface area contributed by atoms with Gasteiger partial charge in [-0.3, -0.25) is 0 Å². The van der Waals surface area contributed by atoms with E-state index in [2.05, 4.69) is 17.2 Å². The van der Waals surface area contributed by atoms with E-state index in [0.717, 1.165) is 50.0 Å². The van der Waals surface area contributed by atoms with Crippen molar-refractivity contribution in [1.29, 1.82) is 0 Å². The first-order valence-corrected chi connectivity index (χ1v) is 7.30. The number of aryl methyl sites for hydroxylation is 2. The van der Waals surface area contributed by atoms with Crippen LogP contribution in [0.4, 0.5) is 5.82 Å². The lowest BCUT2D eigenvalue weighted by Gasteiger charge is -2.11. The molecule has 0 spiro atoms. The molecule has 0 fully saturated rings. The first kappa shape index (κ1) is 14.8. The second kappa shape index (κ2) is 7.24. The standard InChI is InChI=1S/C15H22N2O3/c1-2-8-20-9-4-7-16-14-12(15(18)19)10-11-5-3-6-13(11)17-14/h10H,2-9H2,1H3,(H,16,17)(H,18,19). The summed E-state index contributed by atoms with van der Waals surface area (Å²) in [7, 11) is 0. The molecule has 5 nitrogen and oxygen atoms in total. The molecule has 0 atom stereocenters. The molecule has 0 amide bonds. The number of nitrogens with zero attached hydrogens (tertiary/aromatic N) is 1. The second-order valence-corrected chi connectivity index (χ2v) is 5.04. The predicted octanol–water partition coefficient (Wildman–Crippen LogP) is 2.50. The number of ether oxygens (including phenoxy) is 1. The van der Waals surface area contributed by atoms with E-state index in [1.54, 1.807) is 6.07 Å². The van der Waals surface area contributed by atoms with Crippen LogP contribution in [0.3, 0.4) is 0 Å². The van der Waals surface area contributed by atoms with E-state index in [9.17, 15) is 9.90 Å². The highest BCUT2D eigenvalue weighted by Crippen LogP contribution is 2.25. The summed E-state index contributed by atoms with van der Waals surface area (Å²) in [4.78, 5) is 15.8. The van der Waals surface area contributed by atoms with Crippen LogP contribution >= 0.6 is 0 Å². The summed E-state index contributed by atoms with van der Waals surface area (Å²) >= 11 is 0. The van der Waals surface area contributed by atoms with Crippen molar-refractivity contribution in [3.63, 3.8) is 0 Å². The van der Waals surface area contributed by atoms with Crippen molar-refractivity contribution in [3.05, 3.63) is 22.9 Å². The Hall–Kier alpha value is -1.62. The lowest BCUT2D eigenvalue weighted by molar-refractivity contribution is 0.0697. The Morgan fingerprint density at radius 2 is 2.30 bits per heavy atom. The number of carboxylic acids is 1. The first-order chi connectivity index (χ1) is 9.72. The molecule has 0 aromatic carbocycles. The average Bonchev–Trinajstić information content (AvgIpc) is 2.88. The number of carboxylic acid groups (broad SMARTS) is 1. The van der Waals surface area contributed by atoms with Crippen molar-refractivity contribution in [2.45, 2.75) is 39.0 Å². The van der Waals surface area contributed by atoms with Gasteiger partial charge in [-0.1, -0.05) is 6.92 Å². The molecule has 0 bridgehead atoms. The van der Waals surface area contributed by atoms with E-state index < -0.39 is 5.97 Å². The Bertz CT molecular complexity index is 474. The van der Waals surface area contributed by atoms with E-state index in [0.29, 0.717) is 19.0 Å². The van der Waals surface area contributed by atoms with Crippen LogP contribution in [0.15, 0.2) is 6.07 Å². The van der Waals surface area contributed by atoms with Gasteiger partial charge in [0.05, 0.1) is 0 Å². The van der Waals surface area contributed by atoms with Gasteiger partial charge in [0.1, 0.15) is 11.4 Å². The van der Waals surface area contributed by atoms with Gasteiger partial charge < -0.3 is 15.2 Å². The van der Waals surface area contributed by atoms with Crippen molar-refractivity contribution >= 4 is 11.8 Å². The molecule has 1 aromatic rings. The maximum Gasteiger partial charge on any atom is 0.339 e. The molecular formula is C15H22N2O3. The third-order valence-corrected chi connectivity index (χ3v) is 3.39. The van der Waals surface area contributed by atoms with E-state index >= 15 is 0 Å². The molecule has 0 saturated heterocycles. The lowest BCUT2D eigenvalue weighted by atomic mass is 10.1. The molecule has 0 radical (unpaired) electrons. The topological polar surface area (TPSA) is 71.5 Å². The molecular weight excluding hydrogens is 256 g/mol. The summed E-state index contributed by atoms with van der Waals surface area (Å²) in [5, 5.41) is 12.4. The highest BCUT2D eigenvalue weighted by atomic mass is 16.5. The minimum Gasteiger partial charge on any atom is -0.478 e. The number of hydrogen-bond acceptors (Lipinski definition) is 4. The maximum absolute atomic E-state index is 11.3. The first-order valence-electron chi connectivity index (χ1n) is 7.30. The van der Waals surface area contributed by atoms with Crippen molar-refractivity contribution in [1.82, 2.24) is 4.98 Å². The van der Waals surface area contributed by atoms with Crippen LogP contribution in [0.5, 0.6) is 0 Å². The number of hydrogen-bond donors (Lipinski definition) is 2. The van der Waals surface area contributed by atoms with Crippen LogP contribution in [-0.4, -0.2) is 35.8 Å². The van der Waals surface area contributed by atoms with Crippen LogP contribution in [0, 0.1) is 0 Å². The number of fused-ring (bicyclic) bond motifs is 1. The Morgan fingerprint density at radius 3 is 3.05 bits per heavy atom. The zero-order valence-corrected chi connectivity index (χ0v) is 11.9. The van der Waals surface area contributed by atoms with Crippen molar-refractivity contribution < 1.29 is 14.6 Å². The SMILES string of the molecule is CCCOCCCNc1nc2c(cc1C(=O)O)CCC2. The Labute approximate surface area is 119 Å². The van der Waals surface area contributed by atoms with Crippen molar-refractivity contribution in [3.8, 4) is 0 Å². The van der Waals surface area contributed by atoms with Crippen LogP contribution in [0.1, 0.15) is 47.8 Å². The number of carbonyl (C=O) groups is 1. The molecule has 110 valence electrons. The Balaban J connectivity index is 1.94. The summed E-state index contributed by atoms with van der Waals surface area (Å²) in [5.41, 5.74) is 2.40. The number of aromatic carboxylic acids is 1. The van der Waals surface area contributed by atoms with E-state index in [-0.39, 0.29) is 5.56 Å². The number of anilines is 1. The number of rotatable bonds is 8. The average molecular weight is 278 g/mol. The second-order valence-electron chi connectivity index (χ2n) is 5.04. The third-order valence-electron chi connectivity index (χ3n) is 3.39. The van der Waals surface area contributed by atoms with E-state index in [1.807, 2.05) is 0 Å². The zero-order chi connectivity index (χ0) is 14.4. The van der Waals surface area contributed by atoms with Crippen LogP contribution in [0.25, 0.3) is 0 Å². The van der Waals surface area contributed by atoms with Crippen LogP contribution in [-0.2, 0) is 17.6 Å². The smallest absolute Gasteiger partial charge is 0.339 e. The monoisotopic (exact) mass is 278 g/mol. The normalized spacial score (nSPS) is 13.2. The Kier molecular flexibility index (Phi) is 5.35. The van der Waals surface area contributed by atoms with Gasteiger partial charge in [-0.25, -0.2) is 9.78 Å². The zero-order valence-electron chi connectivity index (χ0n) is 11.9. The fourth-order valence-corrected chi connectivity index (χ4v) is 2.40.